The number of thiophene rings is 1. The number of nitrogens with zero attached hydrogens (tertiary/aromatic N) is 5. The van der Waals surface area contributed by atoms with Crippen LogP contribution in [0.4, 0.5) is 5.95 Å². The van der Waals surface area contributed by atoms with E-state index in [1.807, 2.05) is 42.6 Å². The minimum atomic E-state index is -0.319. The normalized spacial score (nSPS) is 11.6. The number of pyridine rings is 2. The first kappa shape index (κ1) is 19.4. The van der Waals surface area contributed by atoms with Crippen LogP contribution in [0.5, 0.6) is 0 Å². The molecule has 9 heteroatoms. The molecule has 0 aromatic carbocycles. The van der Waals surface area contributed by atoms with E-state index < -0.39 is 0 Å². The number of aromatic nitrogens is 4. The van der Waals surface area contributed by atoms with E-state index in [4.69, 9.17) is 5.26 Å². The maximum atomic E-state index is 12.9. The predicted molar refractivity (Wildman–Crippen MR) is 114 cm³/mol. The Morgan fingerprint density at radius 1 is 1.27 bits per heavy atom. The Hall–Kier alpha value is -3.90. The highest BCUT2D eigenvalue weighted by molar-refractivity contribution is 7.17. The molecule has 4 rings (SSSR count). The third kappa shape index (κ3) is 4.24. The Morgan fingerprint density at radius 3 is 2.97 bits per heavy atom. The molecule has 4 aromatic heterocycles. The fraction of sp³-hybridized carbons (Fsp3) is 0.143. The molecule has 0 saturated carbocycles. The second-order valence-electron chi connectivity index (χ2n) is 6.53. The van der Waals surface area contributed by atoms with Gasteiger partial charge in [0, 0.05) is 25.1 Å². The van der Waals surface area contributed by atoms with Crippen molar-refractivity contribution >= 4 is 33.4 Å². The second-order valence-corrected chi connectivity index (χ2v) is 7.44. The molecule has 4 heterocycles. The number of hydrogen-bond acceptors (Lipinski definition) is 8. The van der Waals surface area contributed by atoms with Gasteiger partial charge in [-0.2, -0.15) is 5.26 Å². The third-order valence-corrected chi connectivity index (χ3v) is 5.28. The molecule has 0 spiro atoms. The highest BCUT2D eigenvalue weighted by atomic mass is 32.1. The van der Waals surface area contributed by atoms with E-state index in [0.717, 1.165) is 11.3 Å². The summed E-state index contributed by atoms with van der Waals surface area (Å²) < 4.78 is 0.715. The number of nitriles is 1. The number of carbonyl (C=O) groups is 1. The van der Waals surface area contributed by atoms with Gasteiger partial charge >= 0.3 is 0 Å². The minimum absolute atomic E-state index is 0.127. The molecular formula is C21H17N7OS. The second kappa shape index (κ2) is 8.63. The van der Waals surface area contributed by atoms with Crippen LogP contribution in [0.25, 0.3) is 10.2 Å². The Bertz CT molecular complexity index is 1230. The van der Waals surface area contributed by atoms with Gasteiger partial charge in [0.25, 0.3) is 5.91 Å². The number of hydrogen-bond donors (Lipinski definition) is 2. The number of carbonyl (C=O) groups excluding carboxylic acids is 1. The summed E-state index contributed by atoms with van der Waals surface area (Å²) in [5, 5.41) is 16.9. The van der Waals surface area contributed by atoms with Crippen LogP contribution in [0, 0.1) is 11.3 Å². The molecule has 2 N–H and O–H groups in total. The summed E-state index contributed by atoms with van der Waals surface area (Å²) in [7, 11) is 0. The summed E-state index contributed by atoms with van der Waals surface area (Å²) in [6.45, 7) is 2.20. The van der Waals surface area contributed by atoms with Gasteiger partial charge in [0.15, 0.2) is 5.69 Å². The van der Waals surface area contributed by atoms with Crippen molar-refractivity contribution in [3.63, 3.8) is 0 Å². The van der Waals surface area contributed by atoms with E-state index in [2.05, 4.69) is 30.6 Å². The van der Waals surface area contributed by atoms with Crippen molar-refractivity contribution in [1.29, 1.82) is 5.26 Å². The van der Waals surface area contributed by atoms with Gasteiger partial charge in [-0.15, -0.1) is 11.3 Å². The minimum Gasteiger partial charge on any atom is -0.347 e. The van der Waals surface area contributed by atoms with Gasteiger partial charge in [-0.1, -0.05) is 6.07 Å². The molecule has 30 heavy (non-hydrogen) atoms. The van der Waals surface area contributed by atoms with Gasteiger partial charge in [0.1, 0.15) is 6.07 Å². The molecule has 148 valence electrons. The SMILES string of the molecule is C[C@H](Nc1nc(C(=O)NCc2cncc(C#N)c2)c2sccc2n1)c1ccccn1. The van der Waals surface area contributed by atoms with Crippen molar-refractivity contribution in [1.82, 2.24) is 25.3 Å². The highest BCUT2D eigenvalue weighted by Crippen LogP contribution is 2.25. The fourth-order valence-electron chi connectivity index (χ4n) is 2.89. The average molecular weight is 415 g/mol. The first-order valence-corrected chi connectivity index (χ1v) is 10.1. The van der Waals surface area contributed by atoms with Crippen molar-refractivity contribution in [2.24, 2.45) is 0 Å². The zero-order valence-corrected chi connectivity index (χ0v) is 16.8. The van der Waals surface area contributed by atoms with Crippen LogP contribution in [0.1, 0.15) is 40.3 Å². The maximum Gasteiger partial charge on any atom is 0.271 e. The van der Waals surface area contributed by atoms with E-state index in [0.29, 0.717) is 27.4 Å². The van der Waals surface area contributed by atoms with Crippen molar-refractivity contribution in [2.45, 2.75) is 19.5 Å². The molecule has 0 radical (unpaired) electrons. The van der Waals surface area contributed by atoms with E-state index in [1.165, 1.54) is 17.5 Å². The summed E-state index contributed by atoms with van der Waals surface area (Å²) >= 11 is 1.41. The van der Waals surface area contributed by atoms with Gasteiger partial charge in [0.2, 0.25) is 5.95 Å². The van der Waals surface area contributed by atoms with E-state index in [1.54, 1.807) is 18.5 Å². The first-order chi connectivity index (χ1) is 14.6. The quantitative estimate of drug-likeness (QED) is 0.495. The molecule has 0 unspecified atom stereocenters. The fourth-order valence-corrected chi connectivity index (χ4v) is 3.71. The largest absolute Gasteiger partial charge is 0.347 e. The summed E-state index contributed by atoms with van der Waals surface area (Å²) in [5.41, 5.74) is 3.03. The summed E-state index contributed by atoms with van der Waals surface area (Å²) in [6.07, 6.45) is 4.82. The third-order valence-electron chi connectivity index (χ3n) is 4.37. The topological polar surface area (TPSA) is 116 Å². The van der Waals surface area contributed by atoms with E-state index >= 15 is 0 Å². The Morgan fingerprint density at radius 2 is 2.17 bits per heavy atom. The molecule has 0 aliphatic heterocycles. The van der Waals surface area contributed by atoms with E-state index in [9.17, 15) is 4.79 Å². The lowest BCUT2D eigenvalue weighted by Crippen LogP contribution is -2.25. The molecule has 0 aliphatic carbocycles. The molecule has 0 aliphatic rings. The van der Waals surface area contributed by atoms with Gasteiger partial charge in [-0.25, -0.2) is 9.97 Å². The van der Waals surface area contributed by atoms with E-state index in [-0.39, 0.29) is 18.5 Å². The van der Waals surface area contributed by atoms with Gasteiger partial charge in [0.05, 0.1) is 27.5 Å². The van der Waals surface area contributed by atoms with Crippen LogP contribution >= 0.6 is 11.3 Å². The smallest absolute Gasteiger partial charge is 0.271 e. The summed E-state index contributed by atoms with van der Waals surface area (Å²) in [4.78, 5) is 30.2. The lowest BCUT2D eigenvalue weighted by Gasteiger charge is -2.14. The van der Waals surface area contributed by atoms with Crippen molar-refractivity contribution in [2.75, 3.05) is 5.32 Å². The number of nitrogens with one attached hydrogen (secondary N) is 2. The number of amides is 1. The molecule has 0 saturated heterocycles. The molecule has 0 bridgehead atoms. The molecular weight excluding hydrogens is 398 g/mol. The molecule has 4 aromatic rings. The number of anilines is 1. The molecule has 0 fully saturated rings. The lowest BCUT2D eigenvalue weighted by atomic mass is 10.2. The number of fused-ring (bicyclic) bond motifs is 1. The maximum absolute atomic E-state index is 12.9. The van der Waals surface area contributed by atoms with Crippen molar-refractivity contribution in [3.05, 3.63) is 76.8 Å². The Kier molecular flexibility index (Phi) is 5.59. The van der Waals surface area contributed by atoms with Crippen LogP contribution in [-0.2, 0) is 6.54 Å². The standard InChI is InChI=1S/C21H17N7OS/c1-13(16-4-2-3-6-24-16)26-21-27-17-5-7-30-19(17)18(28-21)20(29)25-12-15-8-14(9-22)10-23-11-15/h2-8,10-11,13H,12H2,1H3,(H,25,29)(H,26,27,28)/t13-/m0/s1. The summed E-state index contributed by atoms with van der Waals surface area (Å²) in [5.74, 6) is 0.0399. The van der Waals surface area contributed by atoms with Gasteiger partial charge < -0.3 is 10.6 Å². The zero-order valence-electron chi connectivity index (χ0n) is 16.0. The average Bonchev–Trinajstić information content (AvgIpc) is 3.26. The highest BCUT2D eigenvalue weighted by Gasteiger charge is 2.17. The predicted octanol–water partition coefficient (Wildman–Crippen LogP) is 3.46. The number of rotatable bonds is 6. The Labute approximate surface area is 176 Å². The Balaban J connectivity index is 1.56. The van der Waals surface area contributed by atoms with Crippen LogP contribution in [-0.4, -0.2) is 25.8 Å². The zero-order chi connectivity index (χ0) is 20.9. The monoisotopic (exact) mass is 415 g/mol. The first-order valence-electron chi connectivity index (χ1n) is 9.19. The lowest BCUT2D eigenvalue weighted by molar-refractivity contribution is 0.0948. The van der Waals surface area contributed by atoms with Crippen molar-refractivity contribution < 1.29 is 4.79 Å². The van der Waals surface area contributed by atoms with Gasteiger partial charge in [-0.05, 0) is 42.1 Å². The van der Waals surface area contributed by atoms with Crippen LogP contribution in [0.2, 0.25) is 0 Å². The molecule has 1 atom stereocenters. The molecule has 1 amide bonds. The van der Waals surface area contributed by atoms with Gasteiger partial charge in [-0.3, -0.25) is 14.8 Å². The van der Waals surface area contributed by atoms with Crippen molar-refractivity contribution in [3.8, 4) is 6.07 Å². The van der Waals surface area contributed by atoms with Crippen LogP contribution in [0.15, 0.2) is 54.3 Å². The van der Waals surface area contributed by atoms with Crippen LogP contribution in [0.3, 0.4) is 0 Å². The van der Waals surface area contributed by atoms with Crippen LogP contribution < -0.4 is 10.6 Å². The summed E-state index contributed by atoms with van der Waals surface area (Å²) in [6, 6.07) is 11.1. The molecule has 8 nitrogen and oxygen atoms in total.